The molecule has 7 heteroatoms. The first-order valence-electron chi connectivity index (χ1n) is 8.64. The summed E-state index contributed by atoms with van der Waals surface area (Å²) >= 11 is 0. The van der Waals surface area contributed by atoms with Crippen molar-refractivity contribution >= 4 is 17.5 Å². The van der Waals surface area contributed by atoms with Gasteiger partial charge in [0.1, 0.15) is 23.1 Å². The van der Waals surface area contributed by atoms with Gasteiger partial charge in [0.05, 0.1) is 13.0 Å². The number of benzene rings is 2. The Kier molecular flexibility index (Phi) is 5.69. The second kappa shape index (κ2) is 8.16. The van der Waals surface area contributed by atoms with Crippen LogP contribution in [0, 0.1) is 17.6 Å². The Labute approximate surface area is 155 Å². The van der Waals surface area contributed by atoms with Crippen molar-refractivity contribution in [3.8, 4) is 5.75 Å². The van der Waals surface area contributed by atoms with Gasteiger partial charge in [-0.1, -0.05) is 18.2 Å². The summed E-state index contributed by atoms with van der Waals surface area (Å²) in [5.41, 5.74) is 0.612. The largest absolute Gasteiger partial charge is 0.497 e. The highest BCUT2D eigenvalue weighted by Crippen LogP contribution is 2.29. The molecule has 0 saturated carbocycles. The van der Waals surface area contributed by atoms with Gasteiger partial charge in [-0.15, -0.1) is 0 Å². The van der Waals surface area contributed by atoms with Crippen molar-refractivity contribution in [2.45, 2.75) is 12.8 Å². The Hall–Kier alpha value is -2.96. The lowest BCUT2D eigenvalue weighted by Crippen LogP contribution is -2.34. The number of halogens is 2. The van der Waals surface area contributed by atoms with Gasteiger partial charge in [0.2, 0.25) is 11.8 Å². The van der Waals surface area contributed by atoms with Crippen molar-refractivity contribution in [2.75, 3.05) is 25.1 Å². The summed E-state index contributed by atoms with van der Waals surface area (Å²) in [4.78, 5) is 25.5. The Morgan fingerprint density at radius 3 is 2.63 bits per heavy atom. The van der Waals surface area contributed by atoms with Gasteiger partial charge in [-0.2, -0.15) is 0 Å². The second-order valence-electron chi connectivity index (χ2n) is 6.37. The first-order chi connectivity index (χ1) is 13.0. The van der Waals surface area contributed by atoms with Gasteiger partial charge in [-0.3, -0.25) is 9.59 Å². The highest BCUT2D eigenvalue weighted by Gasteiger charge is 2.37. The molecular formula is C20H20F2N2O3. The molecule has 27 heavy (non-hydrogen) atoms. The normalized spacial score (nSPS) is 16.5. The predicted octanol–water partition coefficient (Wildman–Crippen LogP) is 2.69. The second-order valence-corrected chi connectivity index (χ2v) is 6.37. The molecule has 2 aromatic rings. The number of methoxy groups -OCH3 is 1. The number of anilines is 1. The molecule has 0 radical (unpaired) electrons. The van der Waals surface area contributed by atoms with Crippen LogP contribution in [0.5, 0.6) is 5.75 Å². The van der Waals surface area contributed by atoms with Crippen molar-refractivity contribution in [3.05, 3.63) is 59.7 Å². The van der Waals surface area contributed by atoms with E-state index in [0.717, 1.165) is 28.3 Å². The molecule has 142 valence electrons. The van der Waals surface area contributed by atoms with E-state index >= 15 is 0 Å². The third kappa shape index (κ3) is 4.24. The molecule has 1 aliphatic rings. The zero-order valence-corrected chi connectivity index (χ0v) is 14.9. The van der Waals surface area contributed by atoms with Crippen molar-refractivity contribution in [2.24, 2.45) is 5.92 Å². The molecule has 1 fully saturated rings. The number of carbonyl (C=O) groups is 2. The van der Waals surface area contributed by atoms with Crippen molar-refractivity contribution in [1.29, 1.82) is 0 Å². The van der Waals surface area contributed by atoms with E-state index in [9.17, 15) is 18.4 Å². The lowest BCUT2D eigenvalue weighted by molar-refractivity contribution is -0.126. The first kappa shape index (κ1) is 18.8. The van der Waals surface area contributed by atoms with Crippen molar-refractivity contribution in [1.82, 2.24) is 5.32 Å². The molecule has 1 atom stereocenters. The molecule has 1 N–H and O–H groups in total. The molecule has 0 aromatic heterocycles. The van der Waals surface area contributed by atoms with Crippen LogP contribution in [0.4, 0.5) is 14.5 Å². The maximum absolute atomic E-state index is 13.9. The van der Waals surface area contributed by atoms with E-state index in [2.05, 4.69) is 5.32 Å². The Balaban J connectivity index is 1.57. The van der Waals surface area contributed by atoms with Gasteiger partial charge in [0, 0.05) is 19.5 Å². The van der Waals surface area contributed by atoms with Gasteiger partial charge in [-0.05, 0) is 36.2 Å². The number of amides is 2. The molecule has 1 aliphatic heterocycles. The van der Waals surface area contributed by atoms with Crippen molar-refractivity contribution < 1.29 is 23.1 Å². The van der Waals surface area contributed by atoms with Gasteiger partial charge in [0.25, 0.3) is 0 Å². The summed E-state index contributed by atoms with van der Waals surface area (Å²) in [6, 6.07) is 10.9. The zero-order chi connectivity index (χ0) is 19.4. The Morgan fingerprint density at radius 2 is 1.93 bits per heavy atom. The summed E-state index contributed by atoms with van der Waals surface area (Å²) in [7, 11) is 1.59. The first-order valence-corrected chi connectivity index (χ1v) is 8.64. The van der Waals surface area contributed by atoms with Crippen LogP contribution in [0.2, 0.25) is 0 Å². The smallest absolute Gasteiger partial charge is 0.228 e. The minimum Gasteiger partial charge on any atom is -0.497 e. The summed E-state index contributed by atoms with van der Waals surface area (Å²) in [5.74, 6) is -2.30. The van der Waals surface area contributed by atoms with Crippen LogP contribution in [-0.4, -0.2) is 32.0 Å². The van der Waals surface area contributed by atoms with E-state index in [0.29, 0.717) is 13.0 Å². The number of ether oxygens (including phenoxy) is 1. The number of carbonyl (C=O) groups excluding carboxylic acids is 2. The SMILES string of the molecule is COc1cccc(CCNC(=O)C2CC(=O)N(c3c(F)cccc3F)C2)c1. The van der Waals surface area contributed by atoms with Gasteiger partial charge in [-0.25, -0.2) is 8.78 Å². The topological polar surface area (TPSA) is 58.6 Å². The van der Waals surface area contributed by atoms with E-state index in [4.69, 9.17) is 4.74 Å². The Morgan fingerprint density at radius 1 is 1.22 bits per heavy atom. The number of hydrogen-bond donors (Lipinski definition) is 1. The summed E-state index contributed by atoms with van der Waals surface area (Å²) in [6.07, 6.45) is 0.536. The lowest BCUT2D eigenvalue weighted by Gasteiger charge is -2.18. The fourth-order valence-corrected chi connectivity index (χ4v) is 3.15. The monoisotopic (exact) mass is 374 g/mol. The molecule has 1 unspecified atom stereocenters. The molecular weight excluding hydrogens is 354 g/mol. The summed E-state index contributed by atoms with van der Waals surface area (Å²) in [6.45, 7) is 0.354. The minimum absolute atomic E-state index is 0.0400. The fraction of sp³-hybridized carbons (Fsp3) is 0.300. The third-order valence-electron chi connectivity index (χ3n) is 4.55. The summed E-state index contributed by atoms with van der Waals surface area (Å²) in [5, 5.41) is 2.79. The van der Waals surface area contributed by atoms with Crippen LogP contribution >= 0.6 is 0 Å². The number of nitrogens with one attached hydrogen (secondary N) is 1. The lowest BCUT2D eigenvalue weighted by atomic mass is 10.1. The number of nitrogens with zero attached hydrogens (tertiary/aromatic N) is 1. The zero-order valence-electron chi connectivity index (χ0n) is 14.9. The number of rotatable bonds is 6. The van der Waals surface area contributed by atoms with Gasteiger partial charge < -0.3 is 15.0 Å². The highest BCUT2D eigenvalue weighted by atomic mass is 19.1. The van der Waals surface area contributed by atoms with E-state index in [1.807, 2.05) is 24.3 Å². The molecule has 1 heterocycles. The molecule has 0 bridgehead atoms. The molecule has 2 amide bonds. The maximum atomic E-state index is 13.9. The molecule has 0 spiro atoms. The molecule has 3 rings (SSSR count). The maximum Gasteiger partial charge on any atom is 0.228 e. The van der Waals surface area contributed by atoms with Crippen LogP contribution in [0.15, 0.2) is 42.5 Å². The number of hydrogen-bond acceptors (Lipinski definition) is 3. The van der Waals surface area contributed by atoms with E-state index in [1.165, 1.54) is 6.07 Å². The summed E-state index contributed by atoms with van der Waals surface area (Å²) < 4.78 is 33.0. The van der Waals surface area contributed by atoms with Crippen LogP contribution < -0.4 is 15.0 Å². The quantitative estimate of drug-likeness (QED) is 0.846. The fourth-order valence-electron chi connectivity index (χ4n) is 3.15. The predicted molar refractivity (Wildman–Crippen MR) is 96.5 cm³/mol. The van der Waals surface area contributed by atoms with Gasteiger partial charge >= 0.3 is 0 Å². The van der Waals surface area contributed by atoms with Crippen LogP contribution in [-0.2, 0) is 16.0 Å². The standard InChI is InChI=1S/C20H20F2N2O3/c1-27-15-5-2-4-13(10-15)8-9-23-20(26)14-11-18(25)24(12-14)19-16(21)6-3-7-17(19)22/h2-7,10,14H,8-9,11-12H2,1H3,(H,23,26). The molecule has 0 aliphatic carbocycles. The van der Waals surface area contributed by atoms with Crippen LogP contribution in [0.3, 0.4) is 0 Å². The Bertz CT molecular complexity index is 837. The van der Waals surface area contributed by atoms with Crippen molar-refractivity contribution in [3.63, 3.8) is 0 Å². The molecule has 5 nitrogen and oxygen atoms in total. The third-order valence-corrected chi connectivity index (χ3v) is 4.55. The minimum atomic E-state index is -0.817. The highest BCUT2D eigenvalue weighted by molar-refractivity contribution is 6.00. The average Bonchev–Trinajstić information content (AvgIpc) is 3.03. The average molecular weight is 374 g/mol. The van der Waals surface area contributed by atoms with Gasteiger partial charge in [0.15, 0.2) is 0 Å². The van der Waals surface area contributed by atoms with Crippen LogP contribution in [0.1, 0.15) is 12.0 Å². The molecule has 2 aromatic carbocycles. The van der Waals surface area contributed by atoms with Crippen LogP contribution in [0.25, 0.3) is 0 Å². The van der Waals surface area contributed by atoms with E-state index in [-0.39, 0.29) is 18.9 Å². The number of para-hydroxylation sites is 1. The van der Waals surface area contributed by atoms with E-state index in [1.54, 1.807) is 7.11 Å². The van der Waals surface area contributed by atoms with E-state index < -0.39 is 29.1 Å². The molecule has 1 saturated heterocycles.